The second-order valence-electron chi connectivity index (χ2n) is 8.26. The third-order valence-electron chi connectivity index (χ3n) is 5.68. The zero-order valence-electron chi connectivity index (χ0n) is 19.1. The highest BCUT2D eigenvalue weighted by Crippen LogP contribution is 2.36. The van der Waals surface area contributed by atoms with Crippen LogP contribution in [0.4, 0.5) is 37.6 Å². The highest BCUT2D eigenvalue weighted by molar-refractivity contribution is 6.35. The molecule has 3 amide bonds. The lowest BCUT2D eigenvalue weighted by Gasteiger charge is -2.14. The number of carbonyl (C=O) groups is 2. The lowest BCUT2D eigenvalue weighted by atomic mass is 10.1. The summed E-state index contributed by atoms with van der Waals surface area (Å²) >= 11 is 5.77. The Labute approximate surface area is 211 Å². The number of aromatic nitrogens is 1. The van der Waals surface area contributed by atoms with Crippen LogP contribution < -0.4 is 21.3 Å². The number of anilines is 5. The second-order valence-corrected chi connectivity index (χ2v) is 8.67. The third kappa shape index (κ3) is 4.94. The van der Waals surface area contributed by atoms with Crippen molar-refractivity contribution >= 4 is 63.6 Å². The van der Waals surface area contributed by atoms with E-state index in [1.807, 2.05) is 49.4 Å². The van der Waals surface area contributed by atoms with E-state index in [0.717, 1.165) is 28.2 Å². The summed E-state index contributed by atoms with van der Waals surface area (Å²) in [5.41, 5.74) is 6.43. The van der Waals surface area contributed by atoms with Gasteiger partial charge in [-0.15, -0.1) is 0 Å². The predicted octanol–water partition coefficient (Wildman–Crippen LogP) is 7.00. The van der Waals surface area contributed by atoms with E-state index in [4.69, 9.17) is 11.6 Å². The molecule has 0 saturated heterocycles. The molecule has 7 nitrogen and oxygen atoms in total. The molecule has 180 valence electrons. The standard InChI is InChI=1S/C27H21ClFN5O2/c1-15-4-5-19(33-27(36)32-17-7-9-23(29)22(28)12-17)13-24(15)31-18-6-8-20-21(11-16-3-2-10-30-16)26(35)34-25(20)14-18/h2-14,30-31H,1H3,(H,34,35)(H2,32,33,36). The molecule has 0 atom stereocenters. The van der Waals surface area contributed by atoms with Crippen LogP contribution in [-0.4, -0.2) is 16.9 Å². The minimum absolute atomic E-state index is 0.0768. The number of aromatic amines is 1. The van der Waals surface area contributed by atoms with E-state index >= 15 is 0 Å². The Balaban J connectivity index is 1.31. The molecule has 4 aromatic rings. The lowest BCUT2D eigenvalue weighted by molar-refractivity contribution is -0.110. The maximum Gasteiger partial charge on any atom is 0.323 e. The fourth-order valence-corrected chi connectivity index (χ4v) is 4.04. The number of halogens is 2. The maximum atomic E-state index is 13.3. The summed E-state index contributed by atoms with van der Waals surface area (Å²) in [7, 11) is 0. The van der Waals surface area contributed by atoms with Crippen LogP contribution in [0.15, 0.2) is 72.9 Å². The van der Waals surface area contributed by atoms with Crippen LogP contribution in [0.3, 0.4) is 0 Å². The monoisotopic (exact) mass is 501 g/mol. The van der Waals surface area contributed by atoms with Crippen molar-refractivity contribution in [2.45, 2.75) is 6.92 Å². The number of nitrogens with one attached hydrogen (secondary N) is 5. The van der Waals surface area contributed by atoms with Crippen LogP contribution in [0, 0.1) is 12.7 Å². The van der Waals surface area contributed by atoms with Gasteiger partial charge >= 0.3 is 6.03 Å². The zero-order chi connectivity index (χ0) is 25.2. The first-order valence-corrected chi connectivity index (χ1v) is 11.4. The molecule has 2 heterocycles. The van der Waals surface area contributed by atoms with Gasteiger partial charge in [-0.1, -0.05) is 23.7 Å². The fourth-order valence-electron chi connectivity index (χ4n) is 3.86. The molecule has 1 aromatic heterocycles. The Morgan fingerprint density at radius 1 is 0.972 bits per heavy atom. The molecule has 3 aromatic carbocycles. The quantitative estimate of drug-likeness (QED) is 0.190. The SMILES string of the molecule is Cc1ccc(NC(=O)Nc2ccc(F)c(Cl)c2)cc1Nc1ccc2c(c1)NC(=O)C2=Cc1ccc[nH]1. The van der Waals surface area contributed by atoms with Gasteiger partial charge in [0.2, 0.25) is 0 Å². The molecular formula is C27H21ClFN5O2. The second kappa shape index (κ2) is 9.59. The van der Waals surface area contributed by atoms with Gasteiger partial charge in [0, 0.05) is 40.2 Å². The van der Waals surface area contributed by atoms with Crippen molar-refractivity contribution in [2.24, 2.45) is 0 Å². The van der Waals surface area contributed by atoms with Crippen molar-refractivity contribution in [1.82, 2.24) is 4.98 Å². The number of hydrogen-bond donors (Lipinski definition) is 5. The molecule has 0 radical (unpaired) electrons. The summed E-state index contributed by atoms with van der Waals surface area (Å²) in [6, 6.07) is 18.3. The molecule has 36 heavy (non-hydrogen) atoms. The Morgan fingerprint density at radius 2 is 1.72 bits per heavy atom. The molecule has 0 aliphatic carbocycles. The van der Waals surface area contributed by atoms with Gasteiger partial charge in [-0.25, -0.2) is 9.18 Å². The molecule has 0 unspecified atom stereocenters. The lowest BCUT2D eigenvalue weighted by Crippen LogP contribution is -2.19. The largest absolute Gasteiger partial charge is 0.362 e. The normalized spacial score (nSPS) is 13.3. The molecule has 1 aliphatic heterocycles. The van der Waals surface area contributed by atoms with Gasteiger partial charge in [0.05, 0.1) is 16.3 Å². The maximum absolute atomic E-state index is 13.3. The third-order valence-corrected chi connectivity index (χ3v) is 5.97. The van der Waals surface area contributed by atoms with Crippen LogP contribution in [0.5, 0.6) is 0 Å². The number of carbonyl (C=O) groups excluding carboxylic acids is 2. The summed E-state index contributed by atoms with van der Waals surface area (Å²) in [5.74, 6) is -0.719. The van der Waals surface area contributed by atoms with E-state index in [1.165, 1.54) is 18.2 Å². The number of hydrogen-bond acceptors (Lipinski definition) is 3. The first-order valence-electron chi connectivity index (χ1n) is 11.1. The number of amides is 3. The van der Waals surface area contributed by atoms with Gasteiger partial charge in [-0.05, 0) is 73.2 Å². The highest BCUT2D eigenvalue weighted by atomic mass is 35.5. The molecule has 5 rings (SSSR count). The van der Waals surface area contributed by atoms with E-state index in [-0.39, 0.29) is 10.9 Å². The van der Waals surface area contributed by atoms with Gasteiger partial charge in [0.25, 0.3) is 5.91 Å². The number of fused-ring (bicyclic) bond motifs is 1. The summed E-state index contributed by atoms with van der Waals surface area (Å²) in [5, 5.41) is 11.6. The molecule has 0 fully saturated rings. The molecule has 9 heteroatoms. The zero-order valence-corrected chi connectivity index (χ0v) is 19.8. The number of urea groups is 1. The van der Waals surface area contributed by atoms with Crippen molar-refractivity contribution < 1.29 is 14.0 Å². The highest BCUT2D eigenvalue weighted by Gasteiger charge is 2.24. The first-order chi connectivity index (χ1) is 17.4. The van der Waals surface area contributed by atoms with Crippen LogP contribution in [0.1, 0.15) is 16.8 Å². The fraction of sp³-hybridized carbons (Fsp3) is 0.0370. The van der Waals surface area contributed by atoms with Crippen LogP contribution in [0.2, 0.25) is 5.02 Å². The molecular weight excluding hydrogens is 481 g/mol. The van der Waals surface area contributed by atoms with Gasteiger partial charge in [0.1, 0.15) is 5.82 Å². The molecule has 1 aliphatic rings. The number of aryl methyl sites for hydroxylation is 1. The van der Waals surface area contributed by atoms with Crippen molar-refractivity contribution in [1.29, 1.82) is 0 Å². The summed E-state index contributed by atoms with van der Waals surface area (Å²) in [6.45, 7) is 1.94. The van der Waals surface area contributed by atoms with E-state index in [1.54, 1.807) is 18.3 Å². The Bertz CT molecular complexity index is 1510. The van der Waals surface area contributed by atoms with Crippen molar-refractivity contribution in [3.8, 4) is 0 Å². The average Bonchev–Trinajstić information content (AvgIpc) is 3.46. The summed E-state index contributed by atoms with van der Waals surface area (Å²) in [6.07, 6.45) is 3.62. The summed E-state index contributed by atoms with van der Waals surface area (Å²) in [4.78, 5) is 28.0. The Morgan fingerprint density at radius 3 is 2.47 bits per heavy atom. The number of H-pyrrole nitrogens is 1. The minimum atomic E-state index is -0.559. The van der Waals surface area contributed by atoms with Gasteiger partial charge in [-0.3, -0.25) is 4.79 Å². The average molecular weight is 502 g/mol. The van der Waals surface area contributed by atoms with Crippen LogP contribution in [-0.2, 0) is 4.79 Å². The summed E-state index contributed by atoms with van der Waals surface area (Å²) < 4.78 is 13.3. The van der Waals surface area contributed by atoms with E-state index < -0.39 is 11.8 Å². The van der Waals surface area contributed by atoms with E-state index in [2.05, 4.69) is 26.3 Å². The van der Waals surface area contributed by atoms with Gasteiger partial charge in [-0.2, -0.15) is 0 Å². The molecule has 0 saturated carbocycles. The Kier molecular flexibility index (Phi) is 6.18. The predicted molar refractivity (Wildman–Crippen MR) is 142 cm³/mol. The molecule has 5 N–H and O–H groups in total. The van der Waals surface area contributed by atoms with E-state index in [0.29, 0.717) is 22.6 Å². The van der Waals surface area contributed by atoms with E-state index in [9.17, 15) is 14.0 Å². The Hall–Kier alpha value is -4.56. The number of rotatable bonds is 5. The molecule has 0 bridgehead atoms. The van der Waals surface area contributed by atoms with Gasteiger partial charge < -0.3 is 26.3 Å². The number of benzene rings is 3. The van der Waals surface area contributed by atoms with Crippen molar-refractivity contribution in [3.63, 3.8) is 0 Å². The van der Waals surface area contributed by atoms with Crippen molar-refractivity contribution in [3.05, 3.63) is 101 Å². The topological polar surface area (TPSA) is 98.0 Å². The van der Waals surface area contributed by atoms with Gasteiger partial charge in [0.15, 0.2) is 0 Å². The van der Waals surface area contributed by atoms with Crippen molar-refractivity contribution in [2.75, 3.05) is 21.3 Å². The first kappa shape index (κ1) is 23.2. The smallest absolute Gasteiger partial charge is 0.323 e. The molecule has 0 spiro atoms. The minimum Gasteiger partial charge on any atom is -0.362 e. The van der Waals surface area contributed by atoms with Crippen LogP contribution >= 0.6 is 11.6 Å². The van der Waals surface area contributed by atoms with Crippen LogP contribution in [0.25, 0.3) is 11.6 Å².